The number of halogens is 2. The topological polar surface area (TPSA) is 123 Å². The van der Waals surface area contributed by atoms with E-state index in [1.807, 2.05) is 4.72 Å². The number of aromatic nitrogens is 2. The van der Waals surface area contributed by atoms with E-state index in [1.54, 1.807) is 13.0 Å². The van der Waals surface area contributed by atoms with Crippen LogP contribution < -0.4 is 18.9 Å². The van der Waals surface area contributed by atoms with E-state index in [1.165, 1.54) is 54.5 Å². The van der Waals surface area contributed by atoms with E-state index in [4.69, 9.17) is 9.47 Å². The Morgan fingerprint density at radius 1 is 1.15 bits per heavy atom. The summed E-state index contributed by atoms with van der Waals surface area (Å²) < 4.78 is 68.1. The van der Waals surface area contributed by atoms with Crippen LogP contribution in [0.3, 0.4) is 0 Å². The van der Waals surface area contributed by atoms with Crippen LogP contribution in [0.15, 0.2) is 48.7 Å². The van der Waals surface area contributed by atoms with Gasteiger partial charge in [0.25, 0.3) is 10.2 Å². The van der Waals surface area contributed by atoms with E-state index in [0.29, 0.717) is 5.56 Å². The lowest BCUT2D eigenvalue weighted by Crippen LogP contribution is -2.39. The number of nitrogens with zero attached hydrogens (tertiary/aromatic N) is 3. The van der Waals surface area contributed by atoms with Gasteiger partial charge in [-0.2, -0.15) is 17.9 Å². The highest BCUT2D eigenvalue weighted by molar-refractivity contribution is 7.90. The third-order valence-electron chi connectivity index (χ3n) is 5.13. The molecule has 2 N–H and O–H groups in total. The molecule has 2 heterocycles. The molecule has 1 aliphatic rings. The Balaban J connectivity index is 1.60. The number of carbonyl (C=O) groups excluding carboxylic acids is 1. The highest BCUT2D eigenvalue weighted by Gasteiger charge is 2.35. The molecule has 0 bridgehead atoms. The summed E-state index contributed by atoms with van der Waals surface area (Å²) in [5.74, 6) is -2.19. The molecule has 0 spiro atoms. The number of hydrogen-bond donors (Lipinski definition) is 2. The van der Waals surface area contributed by atoms with E-state index in [9.17, 15) is 17.6 Å². The molecule has 4 rings (SSSR count). The highest BCUT2D eigenvalue weighted by Crippen LogP contribution is 2.41. The largest absolute Gasteiger partial charge is 0.434 e. The molecular weight excluding hydrogens is 472 g/mol. The van der Waals surface area contributed by atoms with Gasteiger partial charge in [0.15, 0.2) is 17.3 Å². The first-order chi connectivity index (χ1) is 16.2. The summed E-state index contributed by atoms with van der Waals surface area (Å²) in [6.07, 6.45) is 0.527. The van der Waals surface area contributed by atoms with E-state index >= 15 is 4.39 Å². The van der Waals surface area contributed by atoms with Crippen LogP contribution in [0.2, 0.25) is 0 Å². The molecule has 1 amide bonds. The van der Waals surface area contributed by atoms with Crippen LogP contribution in [0.4, 0.5) is 19.3 Å². The highest BCUT2D eigenvalue weighted by atomic mass is 32.2. The summed E-state index contributed by atoms with van der Waals surface area (Å²) in [5, 5.41) is 7.37. The number of carbonyl (C=O) groups is 1. The average molecular weight is 491 g/mol. The zero-order valence-electron chi connectivity index (χ0n) is 18.0. The first kappa shape index (κ1) is 23.3. The molecule has 1 aliphatic heterocycles. The fraction of sp³-hybridized carbons (Fsp3) is 0.190. The second-order valence-electron chi connectivity index (χ2n) is 7.22. The summed E-state index contributed by atoms with van der Waals surface area (Å²) in [6.45, 7) is 1.38. The number of ether oxygens (including phenoxy) is 2. The Bertz CT molecular complexity index is 1340. The predicted octanol–water partition coefficient (Wildman–Crippen LogP) is 3.50. The number of anilines is 1. The van der Waals surface area contributed by atoms with Gasteiger partial charge in [-0.25, -0.2) is 13.9 Å². The molecule has 13 heteroatoms. The van der Waals surface area contributed by atoms with E-state index in [-0.39, 0.29) is 35.2 Å². The normalized spacial score (nSPS) is 15.5. The molecule has 0 aliphatic carbocycles. The smallest absolute Gasteiger partial charge is 0.416 e. The molecular formula is C21H19F2N5O5S. The molecule has 1 aromatic heterocycles. The fourth-order valence-corrected chi connectivity index (χ4v) is 3.90. The van der Waals surface area contributed by atoms with E-state index < -0.39 is 34.0 Å². The number of amides is 1. The third kappa shape index (κ3) is 4.61. The number of benzene rings is 2. The van der Waals surface area contributed by atoms with Crippen molar-refractivity contribution in [2.24, 2.45) is 0 Å². The first-order valence-corrected chi connectivity index (χ1v) is 11.4. The maximum absolute atomic E-state index is 15.0. The molecule has 1 atom stereocenters. The van der Waals surface area contributed by atoms with Gasteiger partial charge in [-0.1, -0.05) is 12.1 Å². The van der Waals surface area contributed by atoms with Crippen molar-refractivity contribution in [3.8, 4) is 17.4 Å². The Kier molecular flexibility index (Phi) is 6.30. The van der Waals surface area contributed by atoms with Gasteiger partial charge in [0.05, 0.1) is 18.3 Å². The van der Waals surface area contributed by atoms with Gasteiger partial charge in [0, 0.05) is 30.4 Å². The summed E-state index contributed by atoms with van der Waals surface area (Å²) in [7, 11) is -2.77. The summed E-state index contributed by atoms with van der Waals surface area (Å²) >= 11 is 0. The van der Waals surface area contributed by atoms with Gasteiger partial charge in [-0.05, 0) is 31.2 Å². The SMILES string of the molecule is CNS(=O)(=O)Nc1cccc(CN2C(=O)Oc3c(ccc(Oc4cccnn4)c3F)C2C)c1F. The van der Waals surface area contributed by atoms with E-state index in [2.05, 4.69) is 14.9 Å². The molecule has 34 heavy (non-hydrogen) atoms. The second kappa shape index (κ2) is 9.19. The number of rotatable bonds is 7. The first-order valence-electron chi connectivity index (χ1n) is 9.95. The van der Waals surface area contributed by atoms with Crippen LogP contribution in [-0.4, -0.2) is 36.7 Å². The Morgan fingerprint density at radius 2 is 1.94 bits per heavy atom. The molecule has 10 nitrogen and oxygen atoms in total. The van der Waals surface area contributed by atoms with Gasteiger partial charge >= 0.3 is 6.09 Å². The van der Waals surface area contributed by atoms with Crippen molar-refractivity contribution in [3.63, 3.8) is 0 Å². The lowest BCUT2D eigenvalue weighted by Gasteiger charge is -2.34. The van der Waals surface area contributed by atoms with Gasteiger partial charge in [0.2, 0.25) is 11.7 Å². The van der Waals surface area contributed by atoms with Crippen molar-refractivity contribution in [2.75, 3.05) is 11.8 Å². The van der Waals surface area contributed by atoms with Crippen molar-refractivity contribution in [3.05, 3.63) is 71.4 Å². The molecule has 0 radical (unpaired) electrons. The standard InChI is InChI=1S/C21H19F2N5O5S/c1-12-14-8-9-16(32-17-7-4-10-25-26-17)19(23)20(14)33-21(29)28(12)11-13-5-3-6-15(18(13)22)27-34(30,31)24-2/h3-10,12,24,27H,11H2,1-2H3. The van der Waals surface area contributed by atoms with Crippen LogP contribution in [0.25, 0.3) is 0 Å². The zero-order chi connectivity index (χ0) is 24.5. The maximum atomic E-state index is 15.0. The molecule has 0 saturated carbocycles. The van der Waals surface area contributed by atoms with Crippen molar-refractivity contribution >= 4 is 22.0 Å². The Morgan fingerprint density at radius 3 is 2.65 bits per heavy atom. The Labute approximate surface area is 193 Å². The minimum atomic E-state index is -3.95. The Hall–Kier alpha value is -3.84. The summed E-state index contributed by atoms with van der Waals surface area (Å²) in [5.41, 5.74) is 0.0878. The van der Waals surface area contributed by atoms with Gasteiger partial charge in [0.1, 0.15) is 0 Å². The lowest BCUT2D eigenvalue weighted by atomic mass is 10.0. The minimum Gasteiger partial charge on any atom is -0.434 e. The maximum Gasteiger partial charge on any atom is 0.416 e. The second-order valence-corrected chi connectivity index (χ2v) is 8.84. The zero-order valence-corrected chi connectivity index (χ0v) is 18.8. The van der Waals surface area contributed by atoms with Crippen LogP contribution in [0.5, 0.6) is 17.4 Å². The van der Waals surface area contributed by atoms with Crippen molar-refractivity contribution in [2.45, 2.75) is 19.5 Å². The monoisotopic (exact) mass is 491 g/mol. The molecule has 1 unspecified atom stereocenters. The van der Waals surface area contributed by atoms with E-state index in [0.717, 1.165) is 0 Å². The quantitative estimate of drug-likeness (QED) is 0.519. The van der Waals surface area contributed by atoms with Crippen LogP contribution >= 0.6 is 0 Å². The molecule has 2 aromatic carbocycles. The average Bonchev–Trinajstić information content (AvgIpc) is 2.81. The van der Waals surface area contributed by atoms with Gasteiger partial charge in [-0.3, -0.25) is 9.62 Å². The molecule has 0 fully saturated rings. The van der Waals surface area contributed by atoms with Crippen LogP contribution in [0.1, 0.15) is 24.1 Å². The fourth-order valence-electron chi connectivity index (χ4n) is 3.35. The van der Waals surface area contributed by atoms with Crippen LogP contribution in [0, 0.1) is 11.6 Å². The van der Waals surface area contributed by atoms with Crippen molar-refractivity contribution < 1.29 is 31.5 Å². The molecule has 178 valence electrons. The van der Waals surface area contributed by atoms with Gasteiger partial charge in [-0.15, -0.1) is 5.10 Å². The summed E-state index contributed by atoms with van der Waals surface area (Å²) in [4.78, 5) is 13.9. The molecule has 0 saturated heterocycles. The predicted molar refractivity (Wildman–Crippen MR) is 116 cm³/mol. The number of hydrogen-bond acceptors (Lipinski definition) is 7. The minimum absolute atomic E-state index is 0.0339. The number of nitrogens with one attached hydrogen (secondary N) is 2. The van der Waals surface area contributed by atoms with Crippen molar-refractivity contribution in [1.29, 1.82) is 0 Å². The molecule has 3 aromatic rings. The lowest BCUT2D eigenvalue weighted by molar-refractivity contribution is 0.114. The summed E-state index contributed by atoms with van der Waals surface area (Å²) in [6, 6.07) is 9.35. The number of fused-ring (bicyclic) bond motifs is 1. The van der Waals surface area contributed by atoms with Gasteiger partial charge < -0.3 is 9.47 Å². The van der Waals surface area contributed by atoms with Crippen LogP contribution in [-0.2, 0) is 16.8 Å². The third-order valence-corrected chi connectivity index (χ3v) is 6.15. The van der Waals surface area contributed by atoms with Crippen molar-refractivity contribution in [1.82, 2.24) is 19.8 Å².